The largest absolute Gasteiger partial charge is 0.348 e. The molecule has 0 bridgehead atoms. The zero-order chi connectivity index (χ0) is 15.7. The molecule has 2 aromatic heterocycles. The highest BCUT2D eigenvalue weighted by Gasteiger charge is 2.22. The zero-order valence-electron chi connectivity index (χ0n) is 12.1. The lowest BCUT2D eigenvalue weighted by molar-refractivity contribution is 0.0927. The SMILES string of the molecule is Cn1nc2n(c1=O)CCC(NC(=O)c1ccc(F)cn1)CC2. The molecule has 1 unspecified atom stereocenters. The predicted molar refractivity (Wildman–Crippen MR) is 75.9 cm³/mol. The second kappa shape index (κ2) is 5.70. The number of fused-ring (bicyclic) bond motifs is 1. The van der Waals surface area contributed by atoms with E-state index in [0.29, 0.717) is 25.8 Å². The molecular formula is C14H16FN5O2. The second-order valence-electron chi connectivity index (χ2n) is 5.33. The van der Waals surface area contributed by atoms with Gasteiger partial charge in [-0.2, -0.15) is 5.10 Å². The van der Waals surface area contributed by atoms with E-state index in [0.717, 1.165) is 12.0 Å². The van der Waals surface area contributed by atoms with Crippen LogP contribution < -0.4 is 11.0 Å². The van der Waals surface area contributed by atoms with Crippen LogP contribution in [0.3, 0.4) is 0 Å². The van der Waals surface area contributed by atoms with Crippen LogP contribution in [-0.2, 0) is 20.0 Å². The Morgan fingerprint density at radius 1 is 1.41 bits per heavy atom. The summed E-state index contributed by atoms with van der Waals surface area (Å²) in [5.41, 5.74) is 0.0430. The van der Waals surface area contributed by atoms with Crippen molar-refractivity contribution in [1.29, 1.82) is 0 Å². The van der Waals surface area contributed by atoms with Gasteiger partial charge in [0.25, 0.3) is 5.91 Å². The van der Waals surface area contributed by atoms with Crippen molar-refractivity contribution in [3.63, 3.8) is 0 Å². The lowest BCUT2D eigenvalue weighted by atomic mass is 10.1. The Bertz CT molecular complexity index is 750. The van der Waals surface area contributed by atoms with Gasteiger partial charge in [-0.1, -0.05) is 0 Å². The summed E-state index contributed by atoms with van der Waals surface area (Å²) in [5, 5.41) is 7.07. The molecule has 8 heteroatoms. The maximum Gasteiger partial charge on any atom is 0.345 e. The lowest BCUT2D eigenvalue weighted by Gasteiger charge is -2.15. The van der Waals surface area contributed by atoms with E-state index in [2.05, 4.69) is 15.4 Å². The molecule has 0 saturated heterocycles. The first-order valence-electron chi connectivity index (χ1n) is 7.09. The fourth-order valence-corrected chi connectivity index (χ4v) is 2.61. The van der Waals surface area contributed by atoms with E-state index in [-0.39, 0.29) is 23.3 Å². The summed E-state index contributed by atoms with van der Waals surface area (Å²) < 4.78 is 15.8. The third-order valence-corrected chi connectivity index (χ3v) is 3.80. The number of nitrogens with one attached hydrogen (secondary N) is 1. The molecular weight excluding hydrogens is 289 g/mol. The second-order valence-corrected chi connectivity index (χ2v) is 5.33. The van der Waals surface area contributed by atoms with E-state index in [4.69, 9.17) is 0 Å². The smallest absolute Gasteiger partial charge is 0.345 e. The Balaban J connectivity index is 1.67. The van der Waals surface area contributed by atoms with Gasteiger partial charge in [0.05, 0.1) is 6.20 Å². The van der Waals surface area contributed by atoms with Crippen LogP contribution in [0.15, 0.2) is 23.1 Å². The fraction of sp³-hybridized carbons (Fsp3) is 0.429. The van der Waals surface area contributed by atoms with Crippen LogP contribution in [0.5, 0.6) is 0 Å². The van der Waals surface area contributed by atoms with Gasteiger partial charge in [-0.3, -0.25) is 9.36 Å². The normalized spacial score (nSPS) is 17.6. The van der Waals surface area contributed by atoms with Gasteiger partial charge in [-0.25, -0.2) is 18.9 Å². The summed E-state index contributed by atoms with van der Waals surface area (Å²) in [7, 11) is 1.63. The highest BCUT2D eigenvalue weighted by atomic mass is 19.1. The third-order valence-electron chi connectivity index (χ3n) is 3.80. The monoisotopic (exact) mass is 305 g/mol. The van der Waals surface area contributed by atoms with E-state index in [1.54, 1.807) is 11.6 Å². The molecule has 1 aliphatic rings. The summed E-state index contributed by atoms with van der Waals surface area (Å²) >= 11 is 0. The zero-order valence-corrected chi connectivity index (χ0v) is 12.1. The number of carbonyl (C=O) groups excluding carboxylic acids is 1. The summed E-state index contributed by atoms with van der Waals surface area (Å²) in [5.74, 6) is -0.0751. The Kier molecular flexibility index (Phi) is 3.74. The highest BCUT2D eigenvalue weighted by Crippen LogP contribution is 2.12. The van der Waals surface area contributed by atoms with Crippen LogP contribution in [0.1, 0.15) is 29.2 Å². The molecule has 3 heterocycles. The van der Waals surface area contributed by atoms with Crippen molar-refractivity contribution in [3.8, 4) is 0 Å². The van der Waals surface area contributed by atoms with Gasteiger partial charge < -0.3 is 5.32 Å². The Morgan fingerprint density at radius 3 is 2.95 bits per heavy atom. The highest BCUT2D eigenvalue weighted by molar-refractivity contribution is 5.92. The minimum absolute atomic E-state index is 0.0641. The number of hydrogen-bond acceptors (Lipinski definition) is 4. The van der Waals surface area contributed by atoms with Crippen molar-refractivity contribution >= 4 is 5.91 Å². The van der Waals surface area contributed by atoms with E-state index in [1.165, 1.54) is 16.8 Å². The van der Waals surface area contributed by atoms with Gasteiger partial charge >= 0.3 is 5.69 Å². The molecule has 22 heavy (non-hydrogen) atoms. The van der Waals surface area contributed by atoms with Crippen LogP contribution in [-0.4, -0.2) is 31.3 Å². The number of carbonyl (C=O) groups is 1. The molecule has 3 rings (SSSR count). The fourth-order valence-electron chi connectivity index (χ4n) is 2.61. The van der Waals surface area contributed by atoms with Gasteiger partial charge in [0.2, 0.25) is 0 Å². The van der Waals surface area contributed by atoms with Gasteiger partial charge in [0.1, 0.15) is 17.3 Å². The quantitative estimate of drug-likeness (QED) is 0.862. The average molecular weight is 305 g/mol. The number of aromatic nitrogens is 4. The molecule has 0 fully saturated rings. The summed E-state index contributed by atoms with van der Waals surface area (Å²) in [4.78, 5) is 27.7. The standard InChI is InChI=1S/C14H16FN5O2/c1-19-14(22)20-7-6-10(3-5-12(20)18-19)17-13(21)11-4-2-9(15)8-16-11/h2,4,8,10H,3,5-7H2,1H3,(H,17,21). The van der Waals surface area contributed by atoms with Crippen LogP contribution >= 0.6 is 0 Å². The summed E-state index contributed by atoms with van der Waals surface area (Å²) in [6.45, 7) is 0.518. The van der Waals surface area contributed by atoms with Gasteiger partial charge in [-0.15, -0.1) is 0 Å². The average Bonchev–Trinajstić information content (AvgIpc) is 2.66. The third kappa shape index (κ3) is 2.76. The lowest BCUT2D eigenvalue weighted by Crippen LogP contribution is -2.36. The number of aryl methyl sites for hydroxylation is 2. The summed E-state index contributed by atoms with van der Waals surface area (Å²) in [6, 6.07) is 2.49. The van der Waals surface area contributed by atoms with Crippen molar-refractivity contribution in [3.05, 3.63) is 46.1 Å². The van der Waals surface area contributed by atoms with E-state index < -0.39 is 5.82 Å². The molecule has 0 radical (unpaired) electrons. The van der Waals surface area contributed by atoms with Gasteiger partial charge in [-0.05, 0) is 25.0 Å². The number of rotatable bonds is 2. The molecule has 1 amide bonds. The van der Waals surface area contributed by atoms with Crippen molar-refractivity contribution in [2.45, 2.75) is 31.8 Å². The molecule has 1 atom stereocenters. The van der Waals surface area contributed by atoms with Crippen molar-refractivity contribution < 1.29 is 9.18 Å². The minimum atomic E-state index is -0.479. The van der Waals surface area contributed by atoms with Crippen LogP contribution in [0, 0.1) is 5.82 Å². The molecule has 0 aromatic carbocycles. The number of hydrogen-bond donors (Lipinski definition) is 1. The first-order valence-corrected chi connectivity index (χ1v) is 7.09. The molecule has 2 aromatic rings. The maximum atomic E-state index is 12.8. The van der Waals surface area contributed by atoms with E-state index in [9.17, 15) is 14.0 Å². The predicted octanol–water partition coefficient (Wildman–Crippen LogP) is 0.251. The van der Waals surface area contributed by atoms with E-state index >= 15 is 0 Å². The van der Waals surface area contributed by atoms with E-state index in [1.807, 2.05) is 0 Å². The van der Waals surface area contributed by atoms with Crippen molar-refractivity contribution in [2.75, 3.05) is 0 Å². The minimum Gasteiger partial charge on any atom is -0.348 e. The molecule has 0 saturated carbocycles. The first-order chi connectivity index (χ1) is 10.5. The van der Waals surface area contributed by atoms with Crippen LogP contribution in [0.25, 0.3) is 0 Å². The molecule has 7 nitrogen and oxygen atoms in total. The Hall–Kier alpha value is -2.51. The topological polar surface area (TPSA) is 81.8 Å². The number of halogens is 1. The number of pyridine rings is 1. The number of amides is 1. The van der Waals surface area contributed by atoms with Crippen molar-refractivity contribution in [1.82, 2.24) is 24.6 Å². The van der Waals surface area contributed by atoms with Gasteiger partial charge in [0.15, 0.2) is 0 Å². The number of nitrogens with zero attached hydrogens (tertiary/aromatic N) is 4. The summed E-state index contributed by atoms with van der Waals surface area (Å²) in [6.07, 6.45) is 2.98. The van der Waals surface area contributed by atoms with Gasteiger partial charge in [0, 0.05) is 26.1 Å². The maximum absolute atomic E-state index is 12.8. The molecule has 116 valence electrons. The molecule has 1 aliphatic heterocycles. The van der Waals surface area contributed by atoms with Crippen molar-refractivity contribution in [2.24, 2.45) is 7.05 Å². The molecule has 1 N–H and O–H groups in total. The van der Waals surface area contributed by atoms with Crippen LogP contribution in [0.2, 0.25) is 0 Å². The first kappa shape index (κ1) is 14.4. The molecule has 0 aliphatic carbocycles. The molecule has 0 spiro atoms. The Morgan fingerprint density at radius 2 is 2.23 bits per heavy atom. The Labute approximate surface area is 125 Å². The van der Waals surface area contributed by atoms with Crippen LogP contribution in [0.4, 0.5) is 4.39 Å².